The second-order valence-corrected chi connectivity index (χ2v) is 5.14. The van der Waals surface area contributed by atoms with Crippen LogP contribution in [0.25, 0.3) is 0 Å². The number of carbonyl (C=O) groups is 1. The Hall–Kier alpha value is -2.44. The molecule has 2 N–H and O–H groups in total. The number of hydrogen-bond acceptors (Lipinski definition) is 6. The number of methoxy groups -OCH3 is 1. The minimum atomic E-state index is -0.484. The number of hydrogen-bond donors (Lipinski definition) is 2. The van der Waals surface area contributed by atoms with Gasteiger partial charge in [-0.3, -0.25) is 10.1 Å². The highest BCUT2D eigenvalue weighted by molar-refractivity contribution is 5.87. The maximum absolute atomic E-state index is 11.5. The van der Waals surface area contributed by atoms with E-state index < -0.39 is 5.97 Å². The third kappa shape index (κ3) is 2.72. The van der Waals surface area contributed by atoms with E-state index >= 15 is 0 Å². The second-order valence-electron chi connectivity index (χ2n) is 5.14. The topological polar surface area (TPSA) is 92.8 Å². The van der Waals surface area contributed by atoms with Crippen molar-refractivity contribution >= 4 is 11.8 Å². The van der Waals surface area contributed by atoms with Gasteiger partial charge in [0, 0.05) is 11.7 Å². The Morgan fingerprint density at radius 1 is 1.48 bits per heavy atom. The number of nitrogens with one attached hydrogen (secondary N) is 2. The predicted molar refractivity (Wildman–Crippen MR) is 76.1 cm³/mol. The van der Waals surface area contributed by atoms with Crippen LogP contribution < -0.4 is 5.32 Å². The Bertz CT molecular complexity index is 667. The lowest BCUT2D eigenvalue weighted by atomic mass is 9.92. The fourth-order valence-corrected chi connectivity index (χ4v) is 2.61. The van der Waals surface area contributed by atoms with Crippen LogP contribution in [-0.2, 0) is 17.6 Å². The lowest BCUT2D eigenvalue weighted by molar-refractivity contribution is 0.0593. The van der Waals surface area contributed by atoms with E-state index in [-0.39, 0.29) is 11.7 Å². The van der Waals surface area contributed by atoms with E-state index in [0.29, 0.717) is 5.82 Å². The van der Waals surface area contributed by atoms with Crippen LogP contribution in [0.15, 0.2) is 12.4 Å². The van der Waals surface area contributed by atoms with Gasteiger partial charge >= 0.3 is 5.97 Å². The largest absolute Gasteiger partial charge is 0.464 e. The number of rotatable bonds is 3. The molecule has 0 amide bonds. The normalized spacial score (nSPS) is 17.1. The summed E-state index contributed by atoms with van der Waals surface area (Å²) in [5.74, 6) is 0.107. The number of nitrogens with zero attached hydrogens (tertiary/aromatic N) is 3. The van der Waals surface area contributed by atoms with Crippen LogP contribution >= 0.6 is 0 Å². The van der Waals surface area contributed by atoms with Crippen molar-refractivity contribution in [2.75, 3.05) is 12.4 Å². The zero-order valence-electron chi connectivity index (χ0n) is 12.0. The molecule has 2 aromatic heterocycles. The first-order valence-corrected chi connectivity index (χ1v) is 6.87. The summed E-state index contributed by atoms with van der Waals surface area (Å²) in [6, 6.07) is 0.260. The summed E-state index contributed by atoms with van der Waals surface area (Å²) in [6.07, 6.45) is 5.81. The number of aryl methyl sites for hydroxylation is 2. The maximum atomic E-state index is 11.5. The van der Waals surface area contributed by atoms with Crippen molar-refractivity contribution in [2.24, 2.45) is 0 Å². The van der Waals surface area contributed by atoms with Crippen LogP contribution in [0.1, 0.15) is 33.9 Å². The number of H-pyrrole nitrogens is 1. The molecule has 0 aliphatic heterocycles. The molecule has 1 aliphatic carbocycles. The first kappa shape index (κ1) is 13.5. The molecule has 21 heavy (non-hydrogen) atoms. The molecule has 1 aliphatic rings. The number of carbonyl (C=O) groups excluding carboxylic acids is 1. The van der Waals surface area contributed by atoms with Gasteiger partial charge in [-0.25, -0.2) is 9.78 Å². The SMILES string of the molecule is COC(=O)c1cncc(NC2CCc3n[nH]c(C)c3C2)n1. The fourth-order valence-electron chi connectivity index (χ4n) is 2.61. The van der Waals surface area contributed by atoms with Gasteiger partial charge in [0.25, 0.3) is 0 Å². The van der Waals surface area contributed by atoms with Crippen LogP contribution in [0.3, 0.4) is 0 Å². The van der Waals surface area contributed by atoms with Crippen LogP contribution in [0.5, 0.6) is 0 Å². The monoisotopic (exact) mass is 287 g/mol. The van der Waals surface area contributed by atoms with Gasteiger partial charge in [0.15, 0.2) is 5.69 Å². The van der Waals surface area contributed by atoms with Gasteiger partial charge in [-0.2, -0.15) is 5.10 Å². The summed E-state index contributed by atoms with van der Waals surface area (Å²) < 4.78 is 4.65. The molecule has 0 saturated carbocycles. The molecule has 7 heteroatoms. The Morgan fingerprint density at radius 3 is 3.14 bits per heavy atom. The Morgan fingerprint density at radius 2 is 2.33 bits per heavy atom. The lowest BCUT2D eigenvalue weighted by Gasteiger charge is -2.23. The molecule has 110 valence electrons. The number of fused-ring (bicyclic) bond motifs is 1. The quantitative estimate of drug-likeness (QED) is 0.826. The number of aromatic amines is 1. The van der Waals surface area contributed by atoms with E-state index in [4.69, 9.17) is 0 Å². The Balaban J connectivity index is 1.73. The van der Waals surface area contributed by atoms with Crippen molar-refractivity contribution in [2.45, 2.75) is 32.2 Å². The van der Waals surface area contributed by atoms with Gasteiger partial charge in [-0.1, -0.05) is 0 Å². The predicted octanol–water partition coefficient (Wildman–Crippen LogP) is 1.26. The Labute approximate surface area is 122 Å². The average molecular weight is 287 g/mol. The second kappa shape index (κ2) is 5.51. The molecular formula is C14H17N5O2. The minimum Gasteiger partial charge on any atom is -0.464 e. The number of esters is 1. The van der Waals surface area contributed by atoms with Crippen LogP contribution in [-0.4, -0.2) is 39.3 Å². The molecule has 0 fully saturated rings. The maximum Gasteiger partial charge on any atom is 0.358 e. The molecule has 2 aromatic rings. The highest BCUT2D eigenvalue weighted by Gasteiger charge is 2.23. The van der Waals surface area contributed by atoms with E-state index in [2.05, 4.69) is 30.2 Å². The summed E-state index contributed by atoms with van der Waals surface area (Å²) in [4.78, 5) is 19.7. The highest BCUT2D eigenvalue weighted by atomic mass is 16.5. The summed E-state index contributed by atoms with van der Waals surface area (Å²) >= 11 is 0. The van der Waals surface area contributed by atoms with Crippen molar-refractivity contribution in [3.63, 3.8) is 0 Å². The first-order valence-electron chi connectivity index (χ1n) is 6.87. The number of aromatic nitrogens is 4. The van der Waals surface area contributed by atoms with Crippen molar-refractivity contribution < 1.29 is 9.53 Å². The summed E-state index contributed by atoms with van der Waals surface area (Å²) in [6.45, 7) is 2.03. The van der Waals surface area contributed by atoms with Crippen molar-refractivity contribution in [1.82, 2.24) is 20.2 Å². The van der Waals surface area contributed by atoms with Gasteiger partial charge in [-0.05, 0) is 31.7 Å². The van der Waals surface area contributed by atoms with Crippen molar-refractivity contribution in [3.8, 4) is 0 Å². The number of ether oxygens (including phenoxy) is 1. The molecular weight excluding hydrogens is 270 g/mol. The molecule has 1 unspecified atom stereocenters. The third-order valence-electron chi connectivity index (χ3n) is 3.72. The van der Waals surface area contributed by atoms with Crippen molar-refractivity contribution in [1.29, 1.82) is 0 Å². The van der Waals surface area contributed by atoms with Gasteiger partial charge < -0.3 is 10.1 Å². The first-order chi connectivity index (χ1) is 10.2. The highest BCUT2D eigenvalue weighted by Crippen LogP contribution is 2.23. The smallest absolute Gasteiger partial charge is 0.358 e. The fraction of sp³-hybridized carbons (Fsp3) is 0.429. The molecule has 0 spiro atoms. The van der Waals surface area contributed by atoms with E-state index in [1.807, 2.05) is 6.92 Å². The molecule has 0 radical (unpaired) electrons. The third-order valence-corrected chi connectivity index (χ3v) is 3.72. The van der Waals surface area contributed by atoms with Gasteiger partial charge in [0.1, 0.15) is 5.82 Å². The van der Waals surface area contributed by atoms with E-state index in [9.17, 15) is 4.79 Å². The van der Waals surface area contributed by atoms with Gasteiger partial charge in [0.2, 0.25) is 0 Å². The molecule has 1 atom stereocenters. The minimum absolute atomic E-state index is 0.207. The molecule has 7 nitrogen and oxygen atoms in total. The van der Waals surface area contributed by atoms with E-state index in [0.717, 1.165) is 30.7 Å². The molecule has 0 saturated heterocycles. The Kier molecular flexibility index (Phi) is 3.55. The van der Waals surface area contributed by atoms with Crippen LogP contribution in [0.2, 0.25) is 0 Å². The molecule has 2 heterocycles. The van der Waals surface area contributed by atoms with Crippen LogP contribution in [0.4, 0.5) is 5.82 Å². The zero-order valence-corrected chi connectivity index (χ0v) is 12.0. The standard InChI is InChI=1S/C14H17N5O2/c1-8-10-5-9(3-4-11(10)19-18-8)16-13-7-15-6-12(17-13)14(20)21-2/h6-7,9H,3-5H2,1-2H3,(H,16,17)(H,18,19). The molecule has 3 rings (SSSR count). The van der Waals surface area contributed by atoms with Crippen molar-refractivity contribution in [3.05, 3.63) is 35.0 Å². The summed E-state index contributed by atoms with van der Waals surface area (Å²) in [5, 5.41) is 10.7. The molecule has 0 aromatic carbocycles. The zero-order chi connectivity index (χ0) is 14.8. The lowest BCUT2D eigenvalue weighted by Crippen LogP contribution is -2.28. The average Bonchev–Trinajstić information content (AvgIpc) is 2.88. The van der Waals surface area contributed by atoms with Gasteiger partial charge in [0.05, 0.1) is 25.2 Å². The molecule has 0 bridgehead atoms. The number of anilines is 1. The van der Waals surface area contributed by atoms with E-state index in [1.54, 1.807) is 6.20 Å². The van der Waals surface area contributed by atoms with Gasteiger partial charge in [-0.15, -0.1) is 0 Å². The van der Waals surface area contributed by atoms with Crippen LogP contribution in [0, 0.1) is 6.92 Å². The summed E-state index contributed by atoms with van der Waals surface area (Å²) in [5.41, 5.74) is 3.75. The summed E-state index contributed by atoms with van der Waals surface area (Å²) in [7, 11) is 1.33. The van der Waals surface area contributed by atoms with E-state index in [1.165, 1.54) is 18.9 Å².